The van der Waals surface area contributed by atoms with E-state index in [2.05, 4.69) is 27.5 Å². The first-order valence-corrected chi connectivity index (χ1v) is 9.42. The van der Waals surface area contributed by atoms with Crippen LogP contribution in [-0.2, 0) is 4.74 Å². The summed E-state index contributed by atoms with van der Waals surface area (Å²) in [6, 6.07) is 19.0. The minimum absolute atomic E-state index is 0.325. The molecule has 1 heterocycles. The number of hydrogen-bond acceptors (Lipinski definition) is 6. The molecule has 0 amide bonds. The summed E-state index contributed by atoms with van der Waals surface area (Å²) < 4.78 is 5.02. The van der Waals surface area contributed by atoms with Crippen molar-refractivity contribution in [3.63, 3.8) is 0 Å². The van der Waals surface area contributed by atoms with Crippen molar-refractivity contribution in [3.8, 4) is 11.3 Å². The number of anilines is 3. The van der Waals surface area contributed by atoms with Gasteiger partial charge < -0.3 is 15.4 Å². The van der Waals surface area contributed by atoms with Crippen molar-refractivity contribution in [2.75, 3.05) is 23.8 Å². The molecule has 28 heavy (non-hydrogen) atoms. The van der Waals surface area contributed by atoms with Crippen LogP contribution in [0.1, 0.15) is 30.6 Å². The Morgan fingerprint density at radius 1 is 1.00 bits per heavy atom. The third-order valence-corrected chi connectivity index (χ3v) is 4.00. The average molecular weight is 376 g/mol. The van der Waals surface area contributed by atoms with Crippen LogP contribution in [-0.4, -0.2) is 29.1 Å². The molecule has 144 valence electrons. The molecule has 0 aliphatic rings. The monoisotopic (exact) mass is 376 g/mol. The van der Waals surface area contributed by atoms with E-state index in [0.717, 1.165) is 29.9 Å². The average Bonchev–Trinajstić information content (AvgIpc) is 2.73. The highest BCUT2D eigenvalue weighted by Crippen LogP contribution is 2.24. The fraction of sp³-hybridized carbons (Fsp3) is 0.227. The third kappa shape index (κ3) is 5.07. The van der Waals surface area contributed by atoms with Gasteiger partial charge in [0.2, 0.25) is 5.95 Å². The summed E-state index contributed by atoms with van der Waals surface area (Å²) in [6.45, 7) is 5.04. The number of esters is 1. The van der Waals surface area contributed by atoms with Gasteiger partial charge in [-0.05, 0) is 37.6 Å². The van der Waals surface area contributed by atoms with Crippen molar-refractivity contribution in [2.45, 2.75) is 20.3 Å². The maximum Gasteiger partial charge on any atom is 0.338 e. The zero-order valence-corrected chi connectivity index (χ0v) is 16.1. The normalized spacial score (nSPS) is 10.4. The lowest BCUT2D eigenvalue weighted by molar-refractivity contribution is 0.0526. The lowest BCUT2D eigenvalue weighted by atomic mass is 10.1. The van der Waals surface area contributed by atoms with Gasteiger partial charge in [-0.1, -0.05) is 37.3 Å². The van der Waals surface area contributed by atoms with E-state index in [1.165, 1.54) is 0 Å². The Labute approximate surface area is 165 Å². The van der Waals surface area contributed by atoms with Gasteiger partial charge in [-0.2, -0.15) is 4.98 Å². The van der Waals surface area contributed by atoms with E-state index in [-0.39, 0.29) is 5.97 Å². The summed E-state index contributed by atoms with van der Waals surface area (Å²) in [5, 5.41) is 6.53. The van der Waals surface area contributed by atoms with E-state index in [1.54, 1.807) is 19.1 Å². The van der Waals surface area contributed by atoms with E-state index in [1.807, 2.05) is 48.5 Å². The summed E-state index contributed by atoms with van der Waals surface area (Å²) in [6.07, 6.45) is 0.983. The molecule has 0 spiro atoms. The van der Waals surface area contributed by atoms with Gasteiger partial charge in [0.05, 0.1) is 17.9 Å². The number of rotatable bonds is 8. The van der Waals surface area contributed by atoms with Crippen molar-refractivity contribution in [3.05, 3.63) is 66.2 Å². The summed E-state index contributed by atoms with van der Waals surface area (Å²) in [5.74, 6) is 0.929. The van der Waals surface area contributed by atoms with Crippen molar-refractivity contribution in [1.29, 1.82) is 0 Å². The maximum atomic E-state index is 11.8. The summed E-state index contributed by atoms with van der Waals surface area (Å²) >= 11 is 0. The number of aromatic nitrogens is 2. The van der Waals surface area contributed by atoms with Crippen LogP contribution in [0.25, 0.3) is 11.3 Å². The number of carbonyl (C=O) groups excluding carboxylic acids is 1. The van der Waals surface area contributed by atoms with Crippen LogP contribution in [0.2, 0.25) is 0 Å². The van der Waals surface area contributed by atoms with Gasteiger partial charge >= 0.3 is 5.97 Å². The van der Waals surface area contributed by atoms with Gasteiger partial charge in [0.15, 0.2) is 0 Å². The van der Waals surface area contributed by atoms with E-state index < -0.39 is 0 Å². The Morgan fingerprint density at radius 2 is 1.75 bits per heavy atom. The summed E-state index contributed by atoms with van der Waals surface area (Å²) in [4.78, 5) is 21.0. The predicted octanol–water partition coefficient (Wildman–Crippen LogP) is 4.89. The van der Waals surface area contributed by atoms with Crippen LogP contribution in [0.5, 0.6) is 0 Å². The van der Waals surface area contributed by atoms with Gasteiger partial charge in [0.1, 0.15) is 5.82 Å². The quantitative estimate of drug-likeness (QED) is 0.545. The van der Waals surface area contributed by atoms with Gasteiger partial charge in [-0.15, -0.1) is 0 Å². The molecule has 0 saturated carbocycles. The lowest BCUT2D eigenvalue weighted by Gasteiger charge is -2.11. The first kappa shape index (κ1) is 19.4. The topological polar surface area (TPSA) is 76.1 Å². The zero-order valence-electron chi connectivity index (χ0n) is 16.1. The highest BCUT2D eigenvalue weighted by atomic mass is 16.5. The molecule has 0 fully saturated rings. The molecule has 2 N–H and O–H groups in total. The SMILES string of the molecule is CCCNc1nc(Nc2ccc(C(=O)OCC)cc2)cc(-c2ccccc2)n1. The number of carbonyl (C=O) groups is 1. The Morgan fingerprint density at radius 3 is 2.43 bits per heavy atom. The fourth-order valence-electron chi connectivity index (χ4n) is 2.64. The van der Waals surface area contributed by atoms with E-state index in [9.17, 15) is 4.79 Å². The second-order valence-electron chi connectivity index (χ2n) is 6.18. The highest BCUT2D eigenvalue weighted by Gasteiger charge is 2.09. The Bertz CT molecular complexity index is 912. The predicted molar refractivity (Wildman–Crippen MR) is 112 cm³/mol. The molecular weight excluding hydrogens is 352 g/mol. The minimum atomic E-state index is -0.325. The van der Waals surface area contributed by atoms with Crippen molar-refractivity contribution in [1.82, 2.24) is 9.97 Å². The van der Waals surface area contributed by atoms with Crippen molar-refractivity contribution < 1.29 is 9.53 Å². The first-order valence-electron chi connectivity index (χ1n) is 9.42. The van der Waals surface area contributed by atoms with Gasteiger partial charge in [0.25, 0.3) is 0 Å². The zero-order chi connectivity index (χ0) is 19.8. The van der Waals surface area contributed by atoms with Crippen LogP contribution >= 0.6 is 0 Å². The molecule has 2 aromatic carbocycles. The fourth-order valence-corrected chi connectivity index (χ4v) is 2.64. The number of benzene rings is 2. The number of hydrogen-bond donors (Lipinski definition) is 2. The molecule has 0 aliphatic heterocycles. The highest BCUT2D eigenvalue weighted by molar-refractivity contribution is 5.89. The lowest BCUT2D eigenvalue weighted by Crippen LogP contribution is -2.07. The second-order valence-corrected chi connectivity index (χ2v) is 6.18. The van der Waals surface area contributed by atoms with Crippen LogP contribution in [0.3, 0.4) is 0 Å². The van der Waals surface area contributed by atoms with E-state index in [4.69, 9.17) is 4.74 Å². The molecule has 6 heteroatoms. The van der Waals surface area contributed by atoms with Crippen LogP contribution in [0.15, 0.2) is 60.7 Å². The summed E-state index contributed by atoms with van der Waals surface area (Å²) in [5.41, 5.74) is 3.20. The molecule has 3 rings (SSSR count). The number of nitrogens with zero attached hydrogens (tertiary/aromatic N) is 2. The molecule has 0 unspecified atom stereocenters. The Balaban J connectivity index is 1.85. The van der Waals surface area contributed by atoms with Gasteiger partial charge in [-0.3, -0.25) is 0 Å². The number of ether oxygens (including phenoxy) is 1. The molecule has 0 aliphatic carbocycles. The molecule has 6 nitrogen and oxygen atoms in total. The van der Waals surface area contributed by atoms with Crippen LogP contribution in [0, 0.1) is 0 Å². The molecule has 0 radical (unpaired) electrons. The molecule has 0 bridgehead atoms. The molecule has 0 saturated heterocycles. The largest absolute Gasteiger partial charge is 0.462 e. The van der Waals surface area contributed by atoms with Crippen LogP contribution in [0.4, 0.5) is 17.5 Å². The third-order valence-electron chi connectivity index (χ3n) is 4.00. The maximum absolute atomic E-state index is 11.8. The Kier molecular flexibility index (Phi) is 6.57. The summed E-state index contributed by atoms with van der Waals surface area (Å²) in [7, 11) is 0. The molecule has 0 atom stereocenters. The molecule has 3 aromatic rings. The molecule has 1 aromatic heterocycles. The van der Waals surface area contributed by atoms with Crippen LogP contribution < -0.4 is 10.6 Å². The standard InChI is InChI=1S/C22H24N4O2/c1-3-14-23-22-25-19(16-8-6-5-7-9-16)15-20(26-22)24-18-12-10-17(11-13-18)21(27)28-4-2/h5-13,15H,3-4,14H2,1-2H3,(H2,23,24,25,26). The van der Waals surface area contributed by atoms with Gasteiger partial charge in [-0.25, -0.2) is 9.78 Å². The molecular formula is C22H24N4O2. The minimum Gasteiger partial charge on any atom is -0.462 e. The Hall–Kier alpha value is -3.41. The number of nitrogens with one attached hydrogen (secondary N) is 2. The van der Waals surface area contributed by atoms with Gasteiger partial charge in [0, 0.05) is 23.9 Å². The van der Waals surface area contributed by atoms with Crippen molar-refractivity contribution in [2.24, 2.45) is 0 Å². The first-order chi connectivity index (χ1) is 13.7. The van der Waals surface area contributed by atoms with E-state index in [0.29, 0.717) is 23.9 Å². The van der Waals surface area contributed by atoms with Crippen molar-refractivity contribution >= 4 is 23.4 Å². The van der Waals surface area contributed by atoms with E-state index >= 15 is 0 Å². The second kappa shape index (κ2) is 9.50. The smallest absolute Gasteiger partial charge is 0.338 e.